The van der Waals surface area contributed by atoms with Gasteiger partial charge >= 0.3 is 7.60 Å². The van der Waals surface area contributed by atoms with E-state index in [0.29, 0.717) is 0 Å². The standard InChI is InChI=1S/C5H13O4P.CH4/c1-4(6)5(2)9-10(3,7)8;/h4-6H,1-3H3,(H,7,8);1H4. The number of hydrogen-bond acceptors (Lipinski definition) is 3. The van der Waals surface area contributed by atoms with Crippen molar-refractivity contribution in [2.75, 3.05) is 6.66 Å². The van der Waals surface area contributed by atoms with E-state index >= 15 is 0 Å². The summed E-state index contributed by atoms with van der Waals surface area (Å²) in [6, 6.07) is 0. The first-order valence-corrected chi connectivity index (χ1v) is 5.02. The molecule has 0 aliphatic carbocycles. The van der Waals surface area contributed by atoms with E-state index in [1.807, 2.05) is 0 Å². The fraction of sp³-hybridized carbons (Fsp3) is 1.00. The van der Waals surface area contributed by atoms with Crippen molar-refractivity contribution in [2.24, 2.45) is 0 Å². The largest absolute Gasteiger partial charge is 0.391 e. The van der Waals surface area contributed by atoms with Gasteiger partial charge in [0.25, 0.3) is 0 Å². The zero-order valence-electron chi connectivity index (χ0n) is 6.31. The molecule has 0 saturated carbocycles. The molecule has 70 valence electrons. The summed E-state index contributed by atoms with van der Waals surface area (Å²) in [5, 5.41) is 8.83. The van der Waals surface area contributed by atoms with Crippen LogP contribution >= 0.6 is 7.60 Å². The smallest absolute Gasteiger partial charge is 0.325 e. The lowest BCUT2D eigenvalue weighted by molar-refractivity contribution is 0.0536. The third kappa shape index (κ3) is 8.01. The van der Waals surface area contributed by atoms with E-state index in [4.69, 9.17) is 10.00 Å². The second-order valence-electron chi connectivity index (χ2n) is 2.35. The Bertz CT molecular complexity index is 140. The Labute approximate surface area is 67.7 Å². The molecule has 0 aromatic heterocycles. The highest BCUT2D eigenvalue weighted by molar-refractivity contribution is 7.51. The summed E-state index contributed by atoms with van der Waals surface area (Å²) >= 11 is 0. The molecular weight excluding hydrogens is 167 g/mol. The number of rotatable bonds is 3. The second kappa shape index (κ2) is 4.88. The molecule has 3 atom stereocenters. The maximum absolute atomic E-state index is 10.6. The Hall–Kier alpha value is 0.110. The highest BCUT2D eigenvalue weighted by Crippen LogP contribution is 2.38. The quantitative estimate of drug-likeness (QED) is 0.647. The first-order chi connectivity index (χ1) is 4.33. The summed E-state index contributed by atoms with van der Waals surface area (Å²) < 4.78 is 15.1. The number of aliphatic hydroxyl groups excluding tert-OH is 1. The predicted octanol–water partition coefficient (Wildman–Crippen LogP) is 1.22. The van der Waals surface area contributed by atoms with E-state index in [1.54, 1.807) is 0 Å². The third-order valence-electron chi connectivity index (χ3n) is 1.04. The molecule has 0 rings (SSSR count). The molecule has 4 nitrogen and oxygen atoms in total. The van der Waals surface area contributed by atoms with Crippen molar-refractivity contribution in [3.8, 4) is 0 Å². The van der Waals surface area contributed by atoms with Crippen molar-refractivity contribution >= 4 is 7.60 Å². The molecule has 0 fully saturated rings. The molecule has 0 saturated heterocycles. The maximum Gasteiger partial charge on any atom is 0.325 e. The maximum atomic E-state index is 10.6. The minimum absolute atomic E-state index is 0. The van der Waals surface area contributed by atoms with Gasteiger partial charge < -0.3 is 14.5 Å². The van der Waals surface area contributed by atoms with E-state index in [0.717, 1.165) is 6.66 Å². The molecule has 0 aromatic rings. The van der Waals surface area contributed by atoms with E-state index in [9.17, 15) is 4.57 Å². The normalized spacial score (nSPS) is 21.2. The van der Waals surface area contributed by atoms with Crippen LogP contribution in [0.15, 0.2) is 0 Å². The molecule has 5 heteroatoms. The van der Waals surface area contributed by atoms with Gasteiger partial charge in [-0.15, -0.1) is 0 Å². The highest BCUT2D eigenvalue weighted by Gasteiger charge is 2.18. The summed E-state index contributed by atoms with van der Waals surface area (Å²) in [7, 11) is -3.44. The topological polar surface area (TPSA) is 66.8 Å². The van der Waals surface area contributed by atoms with Crippen LogP contribution in [0.3, 0.4) is 0 Å². The average molecular weight is 184 g/mol. The van der Waals surface area contributed by atoms with Crippen LogP contribution < -0.4 is 0 Å². The summed E-state index contributed by atoms with van der Waals surface area (Å²) in [5.41, 5.74) is 0. The summed E-state index contributed by atoms with van der Waals surface area (Å²) in [5.74, 6) is 0. The van der Waals surface area contributed by atoms with Crippen LogP contribution in [0.25, 0.3) is 0 Å². The lowest BCUT2D eigenvalue weighted by Crippen LogP contribution is -2.21. The molecule has 0 aliphatic heterocycles. The molecular formula is C6H17O4P. The predicted molar refractivity (Wildman–Crippen MR) is 44.7 cm³/mol. The van der Waals surface area contributed by atoms with Gasteiger partial charge in [0.1, 0.15) is 0 Å². The number of aliphatic hydroxyl groups is 1. The van der Waals surface area contributed by atoms with Crippen molar-refractivity contribution in [1.82, 2.24) is 0 Å². The summed E-state index contributed by atoms with van der Waals surface area (Å²) in [4.78, 5) is 8.66. The molecule has 0 radical (unpaired) electrons. The molecule has 0 aliphatic rings. The van der Waals surface area contributed by atoms with Crippen molar-refractivity contribution in [3.05, 3.63) is 0 Å². The highest BCUT2D eigenvalue weighted by atomic mass is 31.2. The third-order valence-corrected chi connectivity index (χ3v) is 1.76. The second-order valence-corrected chi connectivity index (χ2v) is 4.17. The van der Waals surface area contributed by atoms with Crippen LogP contribution in [0.2, 0.25) is 0 Å². The van der Waals surface area contributed by atoms with Gasteiger partial charge in [0, 0.05) is 6.66 Å². The molecule has 0 spiro atoms. The van der Waals surface area contributed by atoms with Gasteiger partial charge in [-0.1, -0.05) is 7.43 Å². The van der Waals surface area contributed by atoms with Crippen LogP contribution in [0, 0.1) is 0 Å². The van der Waals surface area contributed by atoms with Gasteiger partial charge in [-0.05, 0) is 13.8 Å². The van der Waals surface area contributed by atoms with E-state index in [2.05, 4.69) is 4.52 Å². The van der Waals surface area contributed by atoms with Gasteiger partial charge in [-0.25, -0.2) is 0 Å². The van der Waals surface area contributed by atoms with Crippen LogP contribution in [0.5, 0.6) is 0 Å². The number of hydrogen-bond donors (Lipinski definition) is 2. The minimum Gasteiger partial charge on any atom is -0.391 e. The minimum atomic E-state index is -3.44. The van der Waals surface area contributed by atoms with Crippen LogP contribution in [-0.2, 0) is 9.09 Å². The first kappa shape index (κ1) is 13.7. The summed E-state index contributed by atoms with van der Waals surface area (Å²) in [6.45, 7) is 4.13. The fourth-order valence-electron chi connectivity index (χ4n) is 0.397. The zero-order valence-corrected chi connectivity index (χ0v) is 7.21. The van der Waals surface area contributed by atoms with E-state index < -0.39 is 19.8 Å². The van der Waals surface area contributed by atoms with Crippen LogP contribution in [0.4, 0.5) is 0 Å². The molecule has 0 heterocycles. The van der Waals surface area contributed by atoms with Crippen LogP contribution in [-0.4, -0.2) is 28.9 Å². The molecule has 11 heavy (non-hydrogen) atoms. The zero-order chi connectivity index (χ0) is 8.36. The lowest BCUT2D eigenvalue weighted by atomic mass is 10.3. The first-order valence-electron chi connectivity index (χ1n) is 2.99. The van der Waals surface area contributed by atoms with Gasteiger partial charge in [0.05, 0.1) is 12.2 Å². The van der Waals surface area contributed by atoms with Crippen molar-refractivity contribution in [3.63, 3.8) is 0 Å². The Morgan fingerprint density at radius 2 is 1.82 bits per heavy atom. The SMILES string of the molecule is C.CC(O)C(C)OP(C)(=O)O. The van der Waals surface area contributed by atoms with Gasteiger partial charge in [0.2, 0.25) is 0 Å². The van der Waals surface area contributed by atoms with Crippen molar-refractivity contribution in [2.45, 2.75) is 33.5 Å². The molecule has 3 unspecified atom stereocenters. The summed E-state index contributed by atoms with van der Waals surface area (Å²) in [6.07, 6.45) is -1.32. The van der Waals surface area contributed by atoms with Crippen LogP contribution in [0.1, 0.15) is 21.3 Å². The Kier molecular flexibility index (Phi) is 6.07. The Morgan fingerprint density at radius 3 is 1.91 bits per heavy atom. The molecule has 0 amide bonds. The van der Waals surface area contributed by atoms with Gasteiger partial charge in [-0.2, -0.15) is 0 Å². The van der Waals surface area contributed by atoms with Crippen molar-refractivity contribution < 1.29 is 19.1 Å². The molecule has 2 N–H and O–H groups in total. The van der Waals surface area contributed by atoms with E-state index in [1.165, 1.54) is 13.8 Å². The Morgan fingerprint density at radius 1 is 1.45 bits per heavy atom. The van der Waals surface area contributed by atoms with Crippen molar-refractivity contribution in [1.29, 1.82) is 0 Å². The van der Waals surface area contributed by atoms with Gasteiger partial charge in [-0.3, -0.25) is 4.57 Å². The Balaban J connectivity index is 0. The monoisotopic (exact) mass is 184 g/mol. The van der Waals surface area contributed by atoms with Gasteiger partial charge in [0.15, 0.2) is 0 Å². The van der Waals surface area contributed by atoms with E-state index in [-0.39, 0.29) is 7.43 Å². The fourth-order valence-corrected chi connectivity index (χ4v) is 1.19. The molecule has 0 bridgehead atoms. The molecule has 0 aromatic carbocycles. The lowest BCUT2D eigenvalue weighted by Gasteiger charge is -2.16. The average Bonchev–Trinajstić information content (AvgIpc) is 1.60.